The van der Waals surface area contributed by atoms with Crippen LogP contribution in [0.5, 0.6) is 0 Å². The van der Waals surface area contributed by atoms with E-state index in [0.29, 0.717) is 17.5 Å². The molecule has 2 N–H and O–H groups in total. The molecule has 20 heavy (non-hydrogen) atoms. The third kappa shape index (κ3) is 5.16. The van der Waals surface area contributed by atoms with Crippen molar-refractivity contribution in [1.82, 2.24) is 10.0 Å². The summed E-state index contributed by atoms with van der Waals surface area (Å²) >= 11 is 1.47. The minimum Gasteiger partial charge on any atom is -0.310 e. The highest BCUT2D eigenvalue weighted by Crippen LogP contribution is 2.23. The van der Waals surface area contributed by atoms with Gasteiger partial charge in [0.05, 0.1) is 4.90 Å². The van der Waals surface area contributed by atoms with E-state index in [9.17, 15) is 8.42 Å². The van der Waals surface area contributed by atoms with Gasteiger partial charge < -0.3 is 5.32 Å². The minimum absolute atomic E-state index is 0.106. The summed E-state index contributed by atoms with van der Waals surface area (Å²) in [5.41, 5.74) is -0.106. The van der Waals surface area contributed by atoms with Crippen LogP contribution < -0.4 is 10.0 Å². The molecule has 0 aliphatic heterocycles. The summed E-state index contributed by atoms with van der Waals surface area (Å²) in [4.78, 5) is 1.39. The van der Waals surface area contributed by atoms with Gasteiger partial charge >= 0.3 is 0 Å². The van der Waals surface area contributed by atoms with Crippen LogP contribution in [0.15, 0.2) is 16.3 Å². The van der Waals surface area contributed by atoms with Crippen molar-refractivity contribution in [3.8, 4) is 0 Å². The number of hydrogen-bond donors (Lipinski definition) is 2. The fourth-order valence-electron chi connectivity index (χ4n) is 1.38. The van der Waals surface area contributed by atoms with Crippen LogP contribution in [-0.2, 0) is 16.6 Å². The first-order valence-electron chi connectivity index (χ1n) is 6.85. The van der Waals surface area contributed by atoms with Crippen molar-refractivity contribution in [2.24, 2.45) is 5.41 Å². The highest BCUT2D eigenvalue weighted by atomic mass is 32.2. The number of rotatable bonds is 6. The second-order valence-corrected chi connectivity index (χ2v) is 9.20. The molecular formula is C14H26N2O2S2. The smallest absolute Gasteiger partial charge is 0.241 e. The zero-order valence-electron chi connectivity index (χ0n) is 13.1. The molecule has 0 bridgehead atoms. The van der Waals surface area contributed by atoms with Gasteiger partial charge in [0.15, 0.2) is 0 Å². The lowest BCUT2D eigenvalue weighted by Crippen LogP contribution is -2.41. The summed E-state index contributed by atoms with van der Waals surface area (Å²) in [6, 6.07) is 2.01. The third-order valence-corrected chi connectivity index (χ3v) is 5.86. The molecule has 0 spiro atoms. The van der Waals surface area contributed by atoms with Crippen LogP contribution in [0.25, 0.3) is 0 Å². The van der Waals surface area contributed by atoms with Gasteiger partial charge in [-0.3, -0.25) is 0 Å². The Labute approximate surface area is 127 Å². The Hall–Kier alpha value is -0.430. The molecule has 4 nitrogen and oxygen atoms in total. The van der Waals surface area contributed by atoms with Crippen molar-refractivity contribution >= 4 is 21.4 Å². The molecule has 0 saturated carbocycles. The summed E-state index contributed by atoms with van der Waals surface area (Å²) in [7, 11) is -3.43. The second kappa shape index (κ2) is 6.56. The number of hydrogen-bond acceptors (Lipinski definition) is 4. The lowest BCUT2D eigenvalue weighted by Gasteiger charge is -2.27. The summed E-state index contributed by atoms with van der Waals surface area (Å²) in [5, 5.41) is 4.99. The Balaban J connectivity index is 2.78. The first-order chi connectivity index (χ1) is 9.02. The minimum atomic E-state index is -3.43. The molecule has 1 unspecified atom stereocenters. The molecule has 0 radical (unpaired) electrons. The van der Waals surface area contributed by atoms with E-state index in [0.717, 1.165) is 4.88 Å². The molecular weight excluding hydrogens is 292 g/mol. The third-order valence-electron chi connectivity index (χ3n) is 3.26. The van der Waals surface area contributed by atoms with Gasteiger partial charge in [-0.05, 0) is 18.4 Å². The van der Waals surface area contributed by atoms with E-state index < -0.39 is 10.0 Å². The summed E-state index contributed by atoms with van der Waals surface area (Å²) < 4.78 is 27.4. The monoisotopic (exact) mass is 318 g/mol. The van der Waals surface area contributed by atoms with Crippen LogP contribution in [0.1, 0.15) is 46.4 Å². The molecule has 1 rings (SSSR count). The molecule has 1 aromatic heterocycles. The average Bonchev–Trinajstić information content (AvgIpc) is 2.73. The van der Waals surface area contributed by atoms with Gasteiger partial charge in [0.2, 0.25) is 10.0 Å². The molecule has 6 heteroatoms. The lowest BCUT2D eigenvalue weighted by atomic mass is 9.89. The average molecular weight is 319 g/mol. The maximum Gasteiger partial charge on any atom is 0.241 e. The summed E-state index contributed by atoms with van der Waals surface area (Å²) in [6.07, 6.45) is 0. The van der Waals surface area contributed by atoms with Gasteiger partial charge in [0.1, 0.15) is 0 Å². The lowest BCUT2D eigenvalue weighted by molar-refractivity contribution is 0.317. The molecule has 1 aromatic rings. The van der Waals surface area contributed by atoms with Crippen molar-refractivity contribution in [3.05, 3.63) is 16.3 Å². The maximum absolute atomic E-state index is 12.3. The van der Waals surface area contributed by atoms with Crippen LogP contribution in [0.3, 0.4) is 0 Å². The van der Waals surface area contributed by atoms with Crippen LogP contribution in [0, 0.1) is 5.41 Å². The van der Waals surface area contributed by atoms with Crippen molar-refractivity contribution < 1.29 is 8.42 Å². The molecule has 0 aromatic carbocycles. The molecule has 1 atom stereocenters. The van der Waals surface area contributed by atoms with E-state index in [2.05, 4.69) is 23.9 Å². The largest absolute Gasteiger partial charge is 0.310 e. The zero-order valence-corrected chi connectivity index (χ0v) is 14.8. The van der Waals surface area contributed by atoms with E-state index in [1.54, 1.807) is 11.4 Å². The number of sulfonamides is 1. The first-order valence-corrected chi connectivity index (χ1v) is 9.22. The van der Waals surface area contributed by atoms with E-state index in [4.69, 9.17) is 0 Å². The first kappa shape index (κ1) is 17.6. The van der Waals surface area contributed by atoms with E-state index in [-0.39, 0.29) is 11.5 Å². The second-order valence-electron chi connectivity index (χ2n) is 6.49. The standard InChI is InChI=1S/C14H26N2O2S2/c1-10(2)15-8-12-7-13(9-19-12)20(17,18)16-11(3)14(4,5)6/h7,9-11,15-16H,8H2,1-6H3. The Morgan fingerprint density at radius 2 is 1.85 bits per heavy atom. The summed E-state index contributed by atoms with van der Waals surface area (Å²) in [6.45, 7) is 12.8. The number of nitrogens with one attached hydrogen (secondary N) is 2. The van der Waals surface area contributed by atoms with Gasteiger partial charge in [-0.1, -0.05) is 34.6 Å². The predicted molar refractivity (Wildman–Crippen MR) is 85.5 cm³/mol. The van der Waals surface area contributed by atoms with Gasteiger partial charge in [-0.2, -0.15) is 0 Å². The molecule has 116 valence electrons. The van der Waals surface area contributed by atoms with Crippen LogP contribution in [0.4, 0.5) is 0 Å². The Morgan fingerprint density at radius 1 is 1.25 bits per heavy atom. The molecule has 1 heterocycles. The normalized spacial score (nSPS) is 14.8. The van der Waals surface area contributed by atoms with Crippen molar-refractivity contribution in [3.63, 3.8) is 0 Å². The van der Waals surface area contributed by atoms with E-state index in [1.807, 2.05) is 27.7 Å². The number of thiophene rings is 1. The molecule has 0 fully saturated rings. The highest BCUT2D eigenvalue weighted by molar-refractivity contribution is 7.89. The van der Waals surface area contributed by atoms with E-state index >= 15 is 0 Å². The maximum atomic E-state index is 12.3. The van der Waals surface area contributed by atoms with Crippen LogP contribution >= 0.6 is 11.3 Å². The van der Waals surface area contributed by atoms with Crippen molar-refractivity contribution in [2.75, 3.05) is 0 Å². The van der Waals surface area contributed by atoms with E-state index in [1.165, 1.54) is 11.3 Å². The molecule has 0 saturated heterocycles. The van der Waals surface area contributed by atoms with Gasteiger partial charge in [-0.15, -0.1) is 11.3 Å². The fraction of sp³-hybridized carbons (Fsp3) is 0.714. The zero-order chi connectivity index (χ0) is 15.6. The fourth-order valence-corrected chi connectivity index (χ4v) is 4.05. The van der Waals surface area contributed by atoms with Gasteiger partial charge in [0, 0.05) is 28.9 Å². The van der Waals surface area contributed by atoms with Gasteiger partial charge in [-0.25, -0.2) is 13.1 Å². The van der Waals surface area contributed by atoms with Gasteiger partial charge in [0.25, 0.3) is 0 Å². The molecule has 0 aliphatic carbocycles. The Bertz CT molecular complexity index is 528. The highest BCUT2D eigenvalue weighted by Gasteiger charge is 2.26. The summed E-state index contributed by atoms with van der Waals surface area (Å²) in [5.74, 6) is 0. The van der Waals surface area contributed by atoms with Crippen LogP contribution in [-0.4, -0.2) is 20.5 Å². The van der Waals surface area contributed by atoms with Crippen molar-refractivity contribution in [1.29, 1.82) is 0 Å². The quantitative estimate of drug-likeness (QED) is 0.848. The topological polar surface area (TPSA) is 58.2 Å². The predicted octanol–water partition coefficient (Wildman–Crippen LogP) is 2.96. The Kier molecular flexibility index (Phi) is 5.78. The van der Waals surface area contributed by atoms with Crippen molar-refractivity contribution in [2.45, 2.75) is 65.1 Å². The van der Waals surface area contributed by atoms with Crippen LogP contribution in [0.2, 0.25) is 0 Å². The Morgan fingerprint density at radius 3 is 2.35 bits per heavy atom. The molecule has 0 amide bonds. The SMILES string of the molecule is CC(C)NCc1cc(S(=O)(=O)NC(C)C(C)(C)C)cs1. The molecule has 0 aliphatic rings.